The highest BCUT2D eigenvalue weighted by Crippen LogP contribution is 2.25. The first kappa shape index (κ1) is 14.4. The molecule has 22 heavy (non-hydrogen) atoms. The quantitative estimate of drug-likeness (QED) is 0.681. The van der Waals surface area contributed by atoms with E-state index in [0.717, 1.165) is 23.1 Å². The van der Waals surface area contributed by atoms with Gasteiger partial charge in [-0.05, 0) is 29.6 Å². The molecular weight excluding hydrogens is 312 g/mol. The molecule has 0 atom stereocenters. The molecule has 0 unspecified atom stereocenters. The van der Waals surface area contributed by atoms with Gasteiger partial charge >= 0.3 is 5.97 Å². The van der Waals surface area contributed by atoms with Gasteiger partial charge in [0.05, 0.1) is 10.4 Å². The summed E-state index contributed by atoms with van der Waals surface area (Å²) in [6.45, 7) is -0.118. The van der Waals surface area contributed by atoms with Crippen LogP contribution in [0.2, 0.25) is 0 Å². The van der Waals surface area contributed by atoms with E-state index in [2.05, 4.69) is 5.16 Å². The zero-order chi connectivity index (χ0) is 15.5. The van der Waals surface area contributed by atoms with Crippen molar-refractivity contribution < 1.29 is 22.8 Å². The number of carbonyl (C=O) groups excluding carboxylic acids is 1. The number of aromatic nitrogens is 1. The van der Waals surface area contributed by atoms with E-state index in [0.29, 0.717) is 11.5 Å². The normalized spacial score (nSPS) is 10.6. The number of halogens is 2. The maximum Gasteiger partial charge on any atom is 0.338 e. The Balaban J connectivity index is 1.65. The minimum Gasteiger partial charge on any atom is -0.455 e. The van der Waals surface area contributed by atoms with Gasteiger partial charge in [-0.3, -0.25) is 0 Å². The van der Waals surface area contributed by atoms with Gasteiger partial charge in [0.25, 0.3) is 0 Å². The lowest BCUT2D eigenvalue weighted by Gasteiger charge is -2.02. The molecule has 0 amide bonds. The summed E-state index contributed by atoms with van der Waals surface area (Å²) in [7, 11) is 0. The SMILES string of the molecule is O=C(OCc1cc(-c2cccs2)on1)c1ccc(F)c(F)c1. The summed E-state index contributed by atoms with van der Waals surface area (Å²) < 4.78 is 36.0. The molecule has 3 aromatic rings. The number of hydrogen-bond acceptors (Lipinski definition) is 5. The van der Waals surface area contributed by atoms with Gasteiger partial charge in [-0.25, -0.2) is 13.6 Å². The average molecular weight is 321 g/mol. The Labute approximate surface area is 127 Å². The van der Waals surface area contributed by atoms with Crippen molar-refractivity contribution in [2.24, 2.45) is 0 Å². The minimum atomic E-state index is -1.10. The summed E-state index contributed by atoms with van der Waals surface area (Å²) >= 11 is 1.49. The zero-order valence-corrected chi connectivity index (χ0v) is 11.9. The van der Waals surface area contributed by atoms with Gasteiger partial charge in [-0.1, -0.05) is 11.2 Å². The van der Waals surface area contributed by atoms with Crippen LogP contribution in [-0.4, -0.2) is 11.1 Å². The van der Waals surface area contributed by atoms with E-state index in [1.54, 1.807) is 6.07 Å². The Bertz CT molecular complexity index is 799. The molecule has 0 bridgehead atoms. The first-order chi connectivity index (χ1) is 10.6. The van der Waals surface area contributed by atoms with Crippen molar-refractivity contribution in [1.82, 2.24) is 5.16 Å². The number of nitrogens with zero attached hydrogens (tertiary/aromatic N) is 1. The molecule has 0 aliphatic rings. The number of carbonyl (C=O) groups is 1. The number of rotatable bonds is 4. The van der Waals surface area contributed by atoms with Crippen molar-refractivity contribution >= 4 is 17.3 Å². The fourth-order valence-electron chi connectivity index (χ4n) is 1.76. The van der Waals surface area contributed by atoms with E-state index in [1.165, 1.54) is 11.3 Å². The fourth-order valence-corrected chi connectivity index (χ4v) is 2.43. The molecule has 0 aliphatic carbocycles. The first-order valence-electron chi connectivity index (χ1n) is 6.25. The Morgan fingerprint density at radius 1 is 1.23 bits per heavy atom. The van der Waals surface area contributed by atoms with E-state index in [4.69, 9.17) is 9.26 Å². The fraction of sp³-hybridized carbons (Fsp3) is 0.0667. The minimum absolute atomic E-state index is 0.0686. The van der Waals surface area contributed by atoms with Crippen molar-refractivity contribution in [2.75, 3.05) is 0 Å². The second-order valence-corrected chi connectivity index (χ2v) is 5.31. The smallest absolute Gasteiger partial charge is 0.338 e. The Hall–Kier alpha value is -2.54. The van der Waals surface area contributed by atoms with Gasteiger partial charge < -0.3 is 9.26 Å². The molecule has 1 aromatic carbocycles. The lowest BCUT2D eigenvalue weighted by molar-refractivity contribution is 0.0463. The third-order valence-corrected chi connectivity index (χ3v) is 3.71. The molecule has 0 N–H and O–H groups in total. The molecule has 0 saturated carbocycles. The highest BCUT2D eigenvalue weighted by atomic mass is 32.1. The van der Waals surface area contributed by atoms with Crippen LogP contribution in [0.25, 0.3) is 10.6 Å². The lowest BCUT2D eigenvalue weighted by Crippen LogP contribution is -2.06. The molecule has 3 rings (SSSR count). The van der Waals surface area contributed by atoms with Crippen LogP contribution in [0.5, 0.6) is 0 Å². The van der Waals surface area contributed by atoms with Gasteiger partial charge in [0.1, 0.15) is 12.3 Å². The van der Waals surface area contributed by atoms with Gasteiger partial charge in [0, 0.05) is 6.07 Å². The average Bonchev–Trinajstić information content (AvgIpc) is 3.18. The molecule has 0 saturated heterocycles. The van der Waals surface area contributed by atoms with Crippen LogP contribution < -0.4 is 0 Å². The van der Waals surface area contributed by atoms with Crippen LogP contribution >= 0.6 is 11.3 Å². The summed E-state index contributed by atoms with van der Waals surface area (Å²) in [6.07, 6.45) is 0. The van der Waals surface area contributed by atoms with Gasteiger partial charge in [0.15, 0.2) is 17.4 Å². The van der Waals surface area contributed by atoms with E-state index in [9.17, 15) is 13.6 Å². The van der Waals surface area contributed by atoms with Crippen LogP contribution in [-0.2, 0) is 11.3 Å². The molecule has 7 heteroatoms. The van der Waals surface area contributed by atoms with Gasteiger partial charge in [-0.2, -0.15) is 0 Å². The zero-order valence-electron chi connectivity index (χ0n) is 11.1. The number of esters is 1. The Morgan fingerprint density at radius 3 is 2.82 bits per heavy atom. The molecule has 4 nitrogen and oxygen atoms in total. The van der Waals surface area contributed by atoms with Crippen LogP contribution in [0.3, 0.4) is 0 Å². The number of thiophene rings is 1. The van der Waals surface area contributed by atoms with Crippen LogP contribution in [0.15, 0.2) is 46.3 Å². The maximum absolute atomic E-state index is 13.1. The summed E-state index contributed by atoms with van der Waals surface area (Å²) in [5.41, 5.74) is 0.361. The number of ether oxygens (including phenoxy) is 1. The van der Waals surface area contributed by atoms with Gasteiger partial charge in [0.2, 0.25) is 0 Å². The Kier molecular flexibility index (Phi) is 3.97. The molecule has 0 aliphatic heterocycles. The second kappa shape index (κ2) is 6.07. The van der Waals surface area contributed by atoms with Crippen molar-refractivity contribution in [3.05, 3.63) is 64.7 Å². The predicted molar refractivity (Wildman–Crippen MR) is 75.3 cm³/mol. The van der Waals surface area contributed by atoms with Crippen LogP contribution in [0.4, 0.5) is 8.78 Å². The maximum atomic E-state index is 13.1. The molecule has 0 radical (unpaired) electrons. The summed E-state index contributed by atoms with van der Waals surface area (Å²) in [6, 6.07) is 8.23. The monoisotopic (exact) mass is 321 g/mol. The molecule has 0 spiro atoms. The summed E-state index contributed by atoms with van der Waals surface area (Å²) in [5, 5.41) is 5.69. The topological polar surface area (TPSA) is 52.3 Å². The van der Waals surface area contributed by atoms with Crippen LogP contribution in [0, 0.1) is 11.6 Å². The summed E-state index contributed by atoms with van der Waals surface area (Å²) in [5.74, 6) is -2.31. The number of hydrogen-bond donors (Lipinski definition) is 0. The lowest BCUT2D eigenvalue weighted by atomic mass is 10.2. The molecule has 0 fully saturated rings. The predicted octanol–water partition coefficient (Wildman–Crippen LogP) is 4.04. The van der Waals surface area contributed by atoms with E-state index in [1.807, 2.05) is 17.5 Å². The molecule has 2 heterocycles. The molecular formula is C15H9F2NO3S. The van der Waals surface area contributed by atoms with Crippen molar-refractivity contribution in [3.8, 4) is 10.6 Å². The highest BCUT2D eigenvalue weighted by Gasteiger charge is 2.13. The van der Waals surface area contributed by atoms with Crippen molar-refractivity contribution in [1.29, 1.82) is 0 Å². The first-order valence-corrected chi connectivity index (χ1v) is 7.13. The van der Waals surface area contributed by atoms with Gasteiger partial charge in [-0.15, -0.1) is 11.3 Å². The molecule has 112 valence electrons. The third-order valence-electron chi connectivity index (χ3n) is 2.83. The van der Waals surface area contributed by atoms with Crippen molar-refractivity contribution in [2.45, 2.75) is 6.61 Å². The van der Waals surface area contributed by atoms with E-state index in [-0.39, 0.29) is 12.2 Å². The largest absolute Gasteiger partial charge is 0.455 e. The van der Waals surface area contributed by atoms with E-state index >= 15 is 0 Å². The van der Waals surface area contributed by atoms with E-state index < -0.39 is 17.6 Å². The highest BCUT2D eigenvalue weighted by molar-refractivity contribution is 7.13. The third kappa shape index (κ3) is 3.04. The standard InChI is InChI=1S/C15H9F2NO3S/c16-11-4-3-9(6-12(11)17)15(19)20-8-10-7-13(21-18-10)14-2-1-5-22-14/h1-7H,8H2. The second-order valence-electron chi connectivity index (χ2n) is 4.36. The molecule has 2 aromatic heterocycles. The van der Waals surface area contributed by atoms with Crippen molar-refractivity contribution in [3.63, 3.8) is 0 Å². The number of benzene rings is 1. The summed E-state index contributed by atoms with van der Waals surface area (Å²) in [4.78, 5) is 12.7. The Morgan fingerprint density at radius 2 is 2.09 bits per heavy atom. The van der Waals surface area contributed by atoms with Crippen LogP contribution in [0.1, 0.15) is 16.1 Å².